The van der Waals surface area contributed by atoms with Gasteiger partial charge in [-0.05, 0) is 32.0 Å². The number of carbonyl (C=O) groups excluding carboxylic acids is 1. The molecule has 0 aliphatic heterocycles. The maximum atomic E-state index is 13.3. The molecule has 0 fully saturated rings. The first-order valence-electron chi connectivity index (χ1n) is 5.89. The van der Waals surface area contributed by atoms with E-state index in [4.69, 9.17) is 9.47 Å². The predicted molar refractivity (Wildman–Crippen MR) is 68.9 cm³/mol. The van der Waals surface area contributed by atoms with Crippen molar-refractivity contribution in [3.05, 3.63) is 35.3 Å². The molecule has 0 saturated heterocycles. The normalized spacial score (nSPS) is 10.5. The summed E-state index contributed by atoms with van der Waals surface area (Å²) < 4.78 is 23.6. The van der Waals surface area contributed by atoms with Crippen LogP contribution < -0.4 is 4.74 Å². The second kappa shape index (κ2) is 5.22. The lowest BCUT2D eigenvalue weighted by atomic mass is 10.1. The molecule has 19 heavy (non-hydrogen) atoms. The molecule has 0 radical (unpaired) electrons. The molecule has 0 spiro atoms. The summed E-state index contributed by atoms with van der Waals surface area (Å²) in [6.07, 6.45) is 0. The van der Waals surface area contributed by atoms with Crippen molar-refractivity contribution >= 4 is 16.9 Å². The first kappa shape index (κ1) is 13.3. The quantitative estimate of drug-likeness (QED) is 0.799. The molecule has 0 N–H and O–H groups in total. The van der Waals surface area contributed by atoms with Crippen molar-refractivity contribution in [3.8, 4) is 5.75 Å². The Morgan fingerprint density at radius 3 is 2.79 bits per heavy atom. The fourth-order valence-corrected chi connectivity index (χ4v) is 1.93. The van der Waals surface area contributed by atoms with Crippen LogP contribution in [0.1, 0.15) is 23.0 Å². The van der Waals surface area contributed by atoms with E-state index in [-0.39, 0.29) is 11.5 Å². The van der Waals surface area contributed by atoms with Crippen LogP contribution in [0.3, 0.4) is 0 Å². The summed E-state index contributed by atoms with van der Waals surface area (Å²) in [5.74, 6) is -0.447. The van der Waals surface area contributed by atoms with E-state index in [9.17, 15) is 9.18 Å². The summed E-state index contributed by atoms with van der Waals surface area (Å²) in [5, 5.41) is 0.548. The van der Waals surface area contributed by atoms with Crippen LogP contribution in [-0.4, -0.2) is 24.7 Å². The molecule has 0 bridgehead atoms. The molecule has 0 unspecified atom stereocenters. The van der Waals surface area contributed by atoms with E-state index in [1.165, 1.54) is 25.3 Å². The van der Waals surface area contributed by atoms with Gasteiger partial charge in [-0.2, -0.15) is 0 Å². The molecule has 0 saturated carbocycles. The number of benzene rings is 1. The third kappa shape index (κ3) is 2.36. The molecule has 0 aliphatic carbocycles. The Hall–Kier alpha value is -2.17. The van der Waals surface area contributed by atoms with Crippen LogP contribution in [0, 0.1) is 12.7 Å². The van der Waals surface area contributed by atoms with Gasteiger partial charge in [0.05, 0.1) is 19.2 Å². The molecule has 0 aliphatic rings. The van der Waals surface area contributed by atoms with Crippen molar-refractivity contribution in [1.29, 1.82) is 0 Å². The molecular formula is C14H14FNO3. The van der Waals surface area contributed by atoms with E-state index >= 15 is 0 Å². The Bertz CT molecular complexity index is 640. The number of pyridine rings is 1. The maximum Gasteiger partial charge on any atom is 0.357 e. The molecule has 2 aromatic rings. The van der Waals surface area contributed by atoms with Crippen molar-refractivity contribution in [2.75, 3.05) is 13.7 Å². The number of esters is 1. The Morgan fingerprint density at radius 1 is 1.42 bits per heavy atom. The number of fused-ring (bicyclic) bond motifs is 1. The number of nitrogens with zero attached hydrogens (tertiary/aromatic N) is 1. The van der Waals surface area contributed by atoms with Crippen LogP contribution in [0.15, 0.2) is 18.2 Å². The van der Waals surface area contributed by atoms with Gasteiger partial charge in [0.15, 0.2) is 5.69 Å². The predicted octanol–water partition coefficient (Wildman–Crippen LogP) is 2.87. The van der Waals surface area contributed by atoms with Crippen molar-refractivity contribution in [3.63, 3.8) is 0 Å². The zero-order chi connectivity index (χ0) is 14.0. The second-order valence-electron chi connectivity index (χ2n) is 4.00. The molecule has 100 valence electrons. The zero-order valence-corrected chi connectivity index (χ0v) is 11.0. The molecule has 1 aromatic carbocycles. The minimum atomic E-state index is -0.537. The van der Waals surface area contributed by atoms with Crippen LogP contribution in [-0.2, 0) is 4.74 Å². The van der Waals surface area contributed by atoms with E-state index in [0.29, 0.717) is 28.8 Å². The average molecular weight is 263 g/mol. The Morgan fingerprint density at radius 2 is 2.16 bits per heavy atom. The van der Waals surface area contributed by atoms with E-state index in [1.54, 1.807) is 6.92 Å². The van der Waals surface area contributed by atoms with Gasteiger partial charge in [-0.15, -0.1) is 0 Å². The van der Waals surface area contributed by atoms with Gasteiger partial charge in [0.1, 0.15) is 11.6 Å². The summed E-state index contributed by atoms with van der Waals surface area (Å²) in [5.41, 5.74) is 1.23. The first-order valence-corrected chi connectivity index (χ1v) is 5.89. The van der Waals surface area contributed by atoms with Crippen LogP contribution in [0.25, 0.3) is 10.9 Å². The lowest BCUT2D eigenvalue weighted by molar-refractivity contribution is 0.0593. The summed E-state index contributed by atoms with van der Waals surface area (Å²) in [6, 6.07) is 4.15. The smallest absolute Gasteiger partial charge is 0.357 e. The van der Waals surface area contributed by atoms with Crippen LogP contribution >= 0.6 is 0 Å². The third-order valence-electron chi connectivity index (χ3n) is 2.80. The van der Waals surface area contributed by atoms with Gasteiger partial charge in [-0.3, -0.25) is 0 Å². The number of hydrogen-bond acceptors (Lipinski definition) is 4. The second-order valence-corrected chi connectivity index (χ2v) is 4.00. The van der Waals surface area contributed by atoms with E-state index < -0.39 is 5.97 Å². The standard InChI is InChI=1S/C14H14FNO3/c1-4-19-13-8(2)12(14(17)18-3)16-11-6-5-9(15)7-10(11)13/h5-7H,4H2,1-3H3. The molecule has 1 heterocycles. The number of methoxy groups -OCH3 is 1. The molecule has 2 rings (SSSR count). The van der Waals surface area contributed by atoms with Gasteiger partial charge in [0.2, 0.25) is 0 Å². The largest absolute Gasteiger partial charge is 0.493 e. The van der Waals surface area contributed by atoms with E-state index in [1.807, 2.05) is 6.92 Å². The SMILES string of the molecule is CCOc1c(C)c(C(=O)OC)nc2ccc(F)cc12. The molecule has 5 heteroatoms. The van der Waals surface area contributed by atoms with E-state index in [2.05, 4.69) is 4.98 Å². The van der Waals surface area contributed by atoms with Gasteiger partial charge in [-0.1, -0.05) is 0 Å². The fraction of sp³-hybridized carbons (Fsp3) is 0.286. The lowest BCUT2D eigenvalue weighted by Gasteiger charge is -2.13. The van der Waals surface area contributed by atoms with Gasteiger partial charge >= 0.3 is 5.97 Å². The van der Waals surface area contributed by atoms with Gasteiger partial charge < -0.3 is 9.47 Å². The highest BCUT2D eigenvalue weighted by molar-refractivity contribution is 5.96. The minimum absolute atomic E-state index is 0.185. The molecule has 1 aromatic heterocycles. The monoisotopic (exact) mass is 263 g/mol. The molecule has 4 nitrogen and oxygen atoms in total. The fourth-order valence-electron chi connectivity index (χ4n) is 1.93. The zero-order valence-electron chi connectivity index (χ0n) is 11.0. The summed E-state index contributed by atoms with van der Waals surface area (Å²) >= 11 is 0. The number of carbonyl (C=O) groups is 1. The van der Waals surface area contributed by atoms with Gasteiger partial charge in [0, 0.05) is 10.9 Å². The Labute approximate surface area is 110 Å². The number of rotatable bonds is 3. The van der Waals surface area contributed by atoms with Crippen molar-refractivity contribution in [2.45, 2.75) is 13.8 Å². The van der Waals surface area contributed by atoms with Crippen LogP contribution in [0.4, 0.5) is 4.39 Å². The summed E-state index contributed by atoms with van der Waals surface area (Å²) in [4.78, 5) is 15.9. The molecule has 0 atom stereocenters. The maximum absolute atomic E-state index is 13.3. The van der Waals surface area contributed by atoms with Crippen LogP contribution in [0.5, 0.6) is 5.75 Å². The minimum Gasteiger partial charge on any atom is -0.493 e. The summed E-state index contributed by atoms with van der Waals surface area (Å²) in [6.45, 7) is 3.94. The van der Waals surface area contributed by atoms with E-state index in [0.717, 1.165) is 0 Å². The number of ether oxygens (including phenoxy) is 2. The van der Waals surface area contributed by atoms with Crippen molar-refractivity contribution < 1.29 is 18.7 Å². The van der Waals surface area contributed by atoms with Gasteiger partial charge in [0.25, 0.3) is 0 Å². The first-order chi connectivity index (χ1) is 9.08. The Balaban J connectivity index is 2.78. The Kier molecular flexibility index (Phi) is 3.64. The molecule has 0 amide bonds. The summed E-state index contributed by atoms with van der Waals surface area (Å²) in [7, 11) is 1.29. The number of hydrogen-bond donors (Lipinski definition) is 0. The third-order valence-corrected chi connectivity index (χ3v) is 2.80. The number of aromatic nitrogens is 1. The molecular weight excluding hydrogens is 249 g/mol. The highest BCUT2D eigenvalue weighted by atomic mass is 19.1. The highest BCUT2D eigenvalue weighted by Gasteiger charge is 2.19. The average Bonchev–Trinajstić information content (AvgIpc) is 2.41. The van der Waals surface area contributed by atoms with Gasteiger partial charge in [-0.25, -0.2) is 14.2 Å². The lowest BCUT2D eigenvalue weighted by Crippen LogP contribution is -2.09. The van der Waals surface area contributed by atoms with Crippen molar-refractivity contribution in [2.24, 2.45) is 0 Å². The van der Waals surface area contributed by atoms with Crippen LogP contribution in [0.2, 0.25) is 0 Å². The van der Waals surface area contributed by atoms with Crippen molar-refractivity contribution in [1.82, 2.24) is 4.98 Å². The topological polar surface area (TPSA) is 48.4 Å². The highest BCUT2D eigenvalue weighted by Crippen LogP contribution is 2.31. The number of halogens is 1.